The van der Waals surface area contributed by atoms with E-state index in [0.717, 1.165) is 5.56 Å². The van der Waals surface area contributed by atoms with Crippen molar-refractivity contribution >= 4 is 29.1 Å². The van der Waals surface area contributed by atoms with Crippen LogP contribution in [-0.2, 0) is 27.3 Å². The normalized spacial score (nSPS) is 11.4. The zero-order valence-electron chi connectivity index (χ0n) is 22.0. The molecule has 1 atom stereocenters. The second-order valence-corrected chi connectivity index (χ2v) is 8.93. The second kappa shape index (κ2) is 12.5. The predicted molar refractivity (Wildman–Crippen MR) is 148 cm³/mol. The van der Waals surface area contributed by atoms with Crippen LogP contribution >= 0.6 is 0 Å². The van der Waals surface area contributed by atoms with E-state index in [1.807, 2.05) is 42.5 Å². The highest BCUT2D eigenvalue weighted by atomic mass is 16.5. The molecule has 0 aliphatic rings. The Morgan fingerprint density at radius 1 is 0.974 bits per heavy atom. The predicted octanol–water partition coefficient (Wildman–Crippen LogP) is 3.30. The minimum absolute atomic E-state index is 0.139. The van der Waals surface area contributed by atoms with Crippen molar-refractivity contribution in [3.8, 4) is 17.0 Å². The Hall–Kier alpha value is -4.99. The van der Waals surface area contributed by atoms with E-state index in [0.29, 0.717) is 34.8 Å². The highest BCUT2D eigenvalue weighted by Crippen LogP contribution is 2.26. The zero-order valence-corrected chi connectivity index (χ0v) is 22.0. The van der Waals surface area contributed by atoms with E-state index >= 15 is 0 Å². The molecule has 0 aliphatic carbocycles. The molecule has 1 heterocycles. The van der Waals surface area contributed by atoms with E-state index in [-0.39, 0.29) is 24.3 Å². The summed E-state index contributed by atoms with van der Waals surface area (Å²) in [6.07, 6.45) is 1.94. The number of aromatic nitrogens is 3. The maximum Gasteiger partial charge on any atom is 0.249 e. The van der Waals surface area contributed by atoms with Gasteiger partial charge >= 0.3 is 0 Å². The van der Waals surface area contributed by atoms with Gasteiger partial charge in [0.15, 0.2) is 0 Å². The van der Waals surface area contributed by atoms with Crippen molar-refractivity contribution in [1.82, 2.24) is 20.3 Å². The monoisotopic (exact) mass is 526 g/mol. The first-order valence-corrected chi connectivity index (χ1v) is 12.4. The van der Waals surface area contributed by atoms with Crippen LogP contribution in [0.25, 0.3) is 11.3 Å². The Bertz CT molecular complexity index is 1440. The molecule has 1 unspecified atom stereocenters. The van der Waals surface area contributed by atoms with Crippen molar-refractivity contribution < 1.29 is 19.1 Å². The highest BCUT2D eigenvalue weighted by Gasteiger charge is 2.26. The number of para-hydroxylation sites is 1. The number of amides is 3. The molecule has 0 saturated heterocycles. The first kappa shape index (κ1) is 27.1. The molecule has 0 aliphatic heterocycles. The summed E-state index contributed by atoms with van der Waals surface area (Å²) in [5.41, 5.74) is 3.36. The van der Waals surface area contributed by atoms with Crippen LogP contribution in [0.5, 0.6) is 5.75 Å². The van der Waals surface area contributed by atoms with Crippen LogP contribution in [0, 0.1) is 0 Å². The number of carbonyl (C=O) groups is 3. The van der Waals surface area contributed by atoms with Crippen molar-refractivity contribution in [2.24, 2.45) is 0 Å². The third-order valence-electron chi connectivity index (χ3n) is 6.06. The zero-order chi connectivity index (χ0) is 27.8. The van der Waals surface area contributed by atoms with Crippen LogP contribution in [0.4, 0.5) is 11.4 Å². The maximum absolute atomic E-state index is 13.5. The molecule has 3 aromatic carbocycles. The van der Waals surface area contributed by atoms with Gasteiger partial charge in [0.1, 0.15) is 24.0 Å². The second-order valence-electron chi connectivity index (χ2n) is 8.93. The highest BCUT2D eigenvalue weighted by molar-refractivity contribution is 5.99. The summed E-state index contributed by atoms with van der Waals surface area (Å²) >= 11 is 0. The molecule has 0 bridgehead atoms. The van der Waals surface area contributed by atoms with E-state index in [1.54, 1.807) is 56.8 Å². The Labute approximate surface area is 226 Å². The van der Waals surface area contributed by atoms with Gasteiger partial charge in [0.05, 0.1) is 19.0 Å². The van der Waals surface area contributed by atoms with Gasteiger partial charge in [-0.3, -0.25) is 14.4 Å². The molecular formula is C29H30N6O4. The van der Waals surface area contributed by atoms with Gasteiger partial charge in [-0.1, -0.05) is 53.7 Å². The number of carbonyl (C=O) groups excluding carboxylic acids is 3. The van der Waals surface area contributed by atoms with Gasteiger partial charge in [-0.15, -0.1) is 5.10 Å². The molecule has 3 amide bonds. The lowest BCUT2D eigenvalue weighted by Crippen LogP contribution is -2.49. The van der Waals surface area contributed by atoms with Gasteiger partial charge in [-0.2, -0.15) is 0 Å². The fourth-order valence-corrected chi connectivity index (χ4v) is 4.11. The molecule has 0 fully saturated rings. The Kier molecular flexibility index (Phi) is 8.67. The molecule has 4 aromatic rings. The number of nitrogens with zero attached hydrogens (tertiary/aromatic N) is 4. The summed E-state index contributed by atoms with van der Waals surface area (Å²) in [5, 5.41) is 13.9. The summed E-state index contributed by atoms with van der Waals surface area (Å²) in [5.74, 6) is -0.177. The number of hydrogen-bond acceptors (Lipinski definition) is 6. The molecule has 1 aromatic heterocycles. The van der Waals surface area contributed by atoms with Crippen LogP contribution in [-0.4, -0.2) is 52.9 Å². The molecule has 0 radical (unpaired) electrons. The van der Waals surface area contributed by atoms with Gasteiger partial charge in [-0.05, 0) is 35.9 Å². The number of anilines is 2. The van der Waals surface area contributed by atoms with E-state index in [2.05, 4.69) is 20.9 Å². The number of rotatable bonds is 10. The minimum Gasteiger partial charge on any atom is -0.497 e. The third kappa shape index (κ3) is 7.07. The largest absolute Gasteiger partial charge is 0.497 e. The van der Waals surface area contributed by atoms with Crippen molar-refractivity contribution in [1.29, 1.82) is 0 Å². The lowest BCUT2D eigenvalue weighted by Gasteiger charge is -2.25. The van der Waals surface area contributed by atoms with Crippen LogP contribution < -0.4 is 20.3 Å². The number of benzene rings is 3. The summed E-state index contributed by atoms with van der Waals surface area (Å²) in [4.78, 5) is 39.7. The topological polar surface area (TPSA) is 118 Å². The van der Waals surface area contributed by atoms with Crippen molar-refractivity contribution in [3.63, 3.8) is 0 Å². The summed E-state index contributed by atoms with van der Waals surface area (Å²) in [7, 11) is 3.25. The van der Waals surface area contributed by atoms with Gasteiger partial charge in [0, 0.05) is 31.6 Å². The van der Waals surface area contributed by atoms with Gasteiger partial charge in [0.2, 0.25) is 17.7 Å². The van der Waals surface area contributed by atoms with Crippen LogP contribution in [0.15, 0.2) is 85.1 Å². The molecule has 4 rings (SSSR count). The average Bonchev–Trinajstić information content (AvgIpc) is 3.40. The molecule has 10 nitrogen and oxygen atoms in total. The molecule has 10 heteroatoms. The van der Waals surface area contributed by atoms with E-state index in [4.69, 9.17) is 4.74 Å². The quantitative estimate of drug-likeness (QED) is 0.327. The molecule has 0 spiro atoms. The summed E-state index contributed by atoms with van der Waals surface area (Å²) in [6.45, 7) is 1.29. The van der Waals surface area contributed by atoms with E-state index < -0.39 is 6.04 Å². The number of likely N-dealkylation sites (N-methyl/N-ethyl adjacent to an activating group) is 1. The fourth-order valence-electron chi connectivity index (χ4n) is 4.11. The third-order valence-corrected chi connectivity index (χ3v) is 6.06. The molecule has 2 N–H and O–H groups in total. The van der Waals surface area contributed by atoms with Gasteiger partial charge in [-0.25, -0.2) is 4.68 Å². The number of hydrogen-bond donors (Lipinski definition) is 2. The van der Waals surface area contributed by atoms with E-state index in [1.165, 1.54) is 16.5 Å². The Morgan fingerprint density at radius 2 is 1.67 bits per heavy atom. The van der Waals surface area contributed by atoms with Crippen LogP contribution in [0.2, 0.25) is 0 Å². The molecule has 0 saturated carbocycles. The van der Waals surface area contributed by atoms with Crippen LogP contribution in [0.1, 0.15) is 12.5 Å². The molecule has 200 valence electrons. The van der Waals surface area contributed by atoms with Crippen molar-refractivity contribution in [3.05, 3.63) is 90.6 Å². The Morgan fingerprint density at radius 3 is 2.36 bits per heavy atom. The smallest absolute Gasteiger partial charge is 0.249 e. The molecule has 39 heavy (non-hydrogen) atoms. The Balaban J connectivity index is 1.49. The first-order valence-electron chi connectivity index (χ1n) is 12.4. The van der Waals surface area contributed by atoms with Gasteiger partial charge < -0.3 is 20.3 Å². The number of ether oxygens (including phenoxy) is 1. The fraction of sp³-hybridized carbons (Fsp3) is 0.207. The SMILES string of the molecule is COc1ccc(N(C)C(=O)C(Cc2ccccc2)NC(=O)Cn2cc(-c3ccccc3NC(C)=O)nn2)cc1. The van der Waals surface area contributed by atoms with Gasteiger partial charge in [0.25, 0.3) is 0 Å². The lowest BCUT2D eigenvalue weighted by molar-refractivity contribution is -0.127. The minimum atomic E-state index is -0.810. The summed E-state index contributed by atoms with van der Waals surface area (Å²) in [6, 6.07) is 23.0. The maximum atomic E-state index is 13.5. The number of nitrogens with one attached hydrogen (secondary N) is 2. The lowest BCUT2D eigenvalue weighted by atomic mass is 10.0. The molecular weight excluding hydrogens is 496 g/mol. The average molecular weight is 527 g/mol. The first-order chi connectivity index (χ1) is 18.8. The number of methoxy groups -OCH3 is 1. The van der Waals surface area contributed by atoms with E-state index in [9.17, 15) is 14.4 Å². The summed E-state index contributed by atoms with van der Waals surface area (Å²) < 4.78 is 6.60. The standard InChI is InChI=1S/C29H30N6O4/c1-20(36)30-25-12-8-7-11-24(25)27-18-35(33-32-27)19-28(37)31-26(17-21-9-5-4-6-10-21)29(38)34(2)22-13-15-23(39-3)16-14-22/h4-16,18,26H,17,19H2,1-3H3,(H,30,36)(H,31,37). The van der Waals surface area contributed by atoms with Crippen LogP contribution in [0.3, 0.4) is 0 Å². The van der Waals surface area contributed by atoms with Crippen molar-refractivity contribution in [2.75, 3.05) is 24.4 Å². The van der Waals surface area contributed by atoms with Crippen molar-refractivity contribution in [2.45, 2.75) is 25.9 Å².